The summed E-state index contributed by atoms with van der Waals surface area (Å²) in [5.41, 5.74) is 0.948. The van der Waals surface area contributed by atoms with Crippen LogP contribution >= 0.6 is 35.3 Å². The minimum absolute atomic E-state index is 0.0936. The first-order chi connectivity index (χ1) is 12.0. The first-order valence-electron chi connectivity index (χ1n) is 8.67. The van der Waals surface area contributed by atoms with Gasteiger partial charge in [0.1, 0.15) is 0 Å². The molecule has 0 aliphatic heterocycles. The Hall–Kier alpha value is -1.18. The number of para-hydroxylation sites is 1. The van der Waals surface area contributed by atoms with Gasteiger partial charge in [-0.25, -0.2) is 4.68 Å². The monoisotopic (exact) mass is 393 g/mol. The highest BCUT2D eigenvalue weighted by Gasteiger charge is 2.25. The molecule has 1 heterocycles. The maximum absolute atomic E-state index is 12.5. The van der Waals surface area contributed by atoms with Crippen LogP contribution in [0.1, 0.15) is 39.5 Å². The Bertz CT molecular complexity index is 771. The summed E-state index contributed by atoms with van der Waals surface area (Å²) in [7, 11) is 0. The van der Waals surface area contributed by atoms with Crippen LogP contribution in [0.15, 0.2) is 34.7 Å². The van der Waals surface area contributed by atoms with E-state index in [4.69, 9.17) is 12.2 Å². The zero-order valence-corrected chi connectivity index (χ0v) is 16.9. The molecule has 0 spiro atoms. The SMILES string of the molecule is C[C@@H]1CCCC[C@@H]1NC(=O)[C@@H](C)Sc1nn(-c2ccccc2)c(=S)s1. The van der Waals surface area contributed by atoms with Gasteiger partial charge in [-0.15, -0.1) is 5.10 Å². The van der Waals surface area contributed by atoms with Crippen LogP contribution in [-0.2, 0) is 4.79 Å². The van der Waals surface area contributed by atoms with Gasteiger partial charge >= 0.3 is 0 Å². The minimum atomic E-state index is -0.182. The first kappa shape index (κ1) is 18.6. The molecule has 1 fully saturated rings. The van der Waals surface area contributed by atoms with E-state index in [0.717, 1.165) is 16.4 Å². The lowest BCUT2D eigenvalue weighted by Gasteiger charge is -2.30. The summed E-state index contributed by atoms with van der Waals surface area (Å²) >= 11 is 8.35. The molecular weight excluding hydrogens is 370 g/mol. The van der Waals surface area contributed by atoms with Gasteiger partial charge in [-0.1, -0.05) is 61.1 Å². The van der Waals surface area contributed by atoms with Crippen molar-refractivity contribution in [2.75, 3.05) is 0 Å². The van der Waals surface area contributed by atoms with E-state index in [1.54, 1.807) is 4.68 Å². The predicted octanol–water partition coefficient (Wildman–Crippen LogP) is 4.84. The number of carbonyl (C=O) groups is 1. The van der Waals surface area contributed by atoms with Crippen molar-refractivity contribution in [2.45, 2.75) is 55.2 Å². The fourth-order valence-corrected chi connectivity index (χ4v) is 5.59. The van der Waals surface area contributed by atoms with E-state index in [0.29, 0.717) is 15.9 Å². The molecule has 1 aliphatic carbocycles. The predicted molar refractivity (Wildman–Crippen MR) is 107 cm³/mol. The standard InChI is InChI=1S/C18H23N3OS3/c1-12-8-6-7-11-15(12)19-16(22)13(2)24-17-20-21(18(23)25-17)14-9-4-3-5-10-14/h3-5,9-10,12-13,15H,6-8,11H2,1-2H3,(H,19,22)/t12-,13-,15+/m1/s1. The fraction of sp³-hybridized carbons (Fsp3) is 0.500. The summed E-state index contributed by atoms with van der Waals surface area (Å²) in [6.45, 7) is 4.17. The summed E-state index contributed by atoms with van der Waals surface area (Å²) in [5.74, 6) is 0.658. The van der Waals surface area contributed by atoms with Gasteiger partial charge in [-0.2, -0.15) is 0 Å². The molecule has 1 N–H and O–H groups in total. The second kappa shape index (κ2) is 8.47. The summed E-state index contributed by atoms with van der Waals surface area (Å²) < 4.78 is 3.28. The number of benzene rings is 1. The van der Waals surface area contributed by atoms with Crippen molar-refractivity contribution in [3.63, 3.8) is 0 Å². The molecule has 1 aromatic heterocycles. The Balaban J connectivity index is 1.64. The van der Waals surface area contributed by atoms with Gasteiger partial charge in [0.2, 0.25) is 5.91 Å². The Morgan fingerprint density at radius 2 is 2.08 bits per heavy atom. The molecule has 7 heteroatoms. The first-order valence-corrected chi connectivity index (χ1v) is 10.8. The molecule has 0 bridgehead atoms. The molecule has 25 heavy (non-hydrogen) atoms. The second-order valence-corrected chi connectivity index (χ2v) is 9.73. The normalized spacial score (nSPS) is 21.7. The van der Waals surface area contributed by atoms with E-state index in [1.165, 1.54) is 42.4 Å². The lowest BCUT2D eigenvalue weighted by Crippen LogP contribution is -2.44. The van der Waals surface area contributed by atoms with Crippen molar-refractivity contribution >= 4 is 41.2 Å². The maximum Gasteiger partial charge on any atom is 0.233 e. The molecule has 0 unspecified atom stereocenters. The highest BCUT2D eigenvalue weighted by atomic mass is 32.2. The number of hydrogen-bond acceptors (Lipinski definition) is 5. The van der Waals surface area contributed by atoms with Crippen molar-refractivity contribution in [1.82, 2.24) is 15.1 Å². The van der Waals surface area contributed by atoms with Crippen molar-refractivity contribution in [1.29, 1.82) is 0 Å². The number of nitrogens with zero attached hydrogens (tertiary/aromatic N) is 2. The van der Waals surface area contributed by atoms with Crippen molar-refractivity contribution in [3.05, 3.63) is 34.3 Å². The Labute approximate surface area is 162 Å². The number of nitrogens with one attached hydrogen (secondary N) is 1. The molecular formula is C18H23N3OS3. The van der Waals surface area contributed by atoms with Gasteiger partial charge in [-0.3, -0.25) is 4.79 Å². The molecule has 0 radical (unpaired) electrons. The highest BCUT2D eigenvalue weighted by Crippen LogP contribution is 2.29. The fourth-order valence-electron chi connectivity index (χ4n) is 3.08. The Kier molecular flexibility index (Phi) is 6.30. The maximum atomic E-state index is 12.5. The van der Waals surface area contributed by atoms with Crippen molar-refractivity contribution in [3.8, 4) is 5.69 Å². The van der Waals surface area contributed by atoms with E-state index in [9.17, 15) is 4.79 Å². The smallest absolute Gasteiger partial charge is 0.233 e. The third-order valence-electron chi connectivity index (χ3n) is 4.62. The Morgan fingerprint density at radius 1 is 1.36 bits per heavy atom. The molecule has 1 amide bonds. The number of thioether (sulfide) groups is 1. The average Bonchev–Trinajstić information content (AvgIpc) is 2.98. The van der Waals surface area contributed by atoms with E-state index < -0.39 is 0 Å². The van der Waals surface area contributed by atoms with Crippen LogP contribution in [0.3, 0.4) is 0 Å². The molecule has 1 saturated carbocycles. The summed E-state index contributed by atoms with van der Waals surface area (Å²) in [4.78, 5) is 12.5. The van der Waals surface area contributed by atoms with Crippen molar-refractivity contribution in [2.24, 2.45) is 5.92 Å². The Morgan fingerprint density at radius 3 is 2.80 bits per heavy atom. The third-order valence-corrected chi connectivity index (χ3v) is 7.03. The molecule has 3 rings (SSSR count). The second-order valence-electron chi connectivity index (χ2n) is 6.52. The number of aromatic nitrogens is 2. The van der Waals surface area contributed by atoms with Crippen LogP contribution in [0.25, 0.3) is 5.69 Å². The van der Waals surface area contributed by atoms with Gasteiger partial charge in [0, 0.05) is 6.04 Å². The van der Waals surface area contributed by atoms with Crippen LogP contribution in [0, 0.1) is 9.87 Å². The highest BCUT2D eigenvalue weighted by molar-refractivity contribution is 8.02. The number of rotatable bonds is 5. The summed E-state index contributed by atoms with van der Waals surface area (Å²) in [6.07, 6.45) is 4.78. The van der Waals surface area contributed by atoms with Crippen LogP contribution in [0.5, 0.6) is 0 Å². The van der Waals surface area contributed by atoms with Gasteiger partial charge in [0.05, 0.1) is 10.9 Å². The van der Waals surface area contributed by atoms with Crippen molar-refractivity contribution < 1.29 is 4.79 Å². The van der Waals surface area contributed by atoms with Crippen LogP contribution in [0.4, 0.5) is 0 Å². The zero-order valence-electron chi connectivity index (χ0n) is 14.5. The van der Waals surface area contributed by atoms with Crippen LogP contribution in [0.2, 0.25) is 0 Å². The van der Waals surface area contributed by atoms with Gasteiger partial charge in [0.15, 0.2) is 8.29 Å². The molecule has 1 aliphatic rings. The molecule has 0 saturated heterocycles. The van der Waals surface area contributed by atoms with Gasteiger partial charge < -0.3 is 5.32 Å². The van der Waals surface area contributed by atoms with E-state index in [1.807, 2.05) is 37.3 Å². The third kappa shape index (κ3) is 4.71. The molecule has 1 aromatic carbocycles. The lowest BCUT2D eigenvalue weighted by atomic mass is 9.86. The van der Waals surface area contributed by atoms with Gasteiger partial charge in [-0.05, 0) is 50.0 Å². The lowest BCUT2D eigenvalue weighted by molar-refractivity contribution is -0.121. The topological polar surface area (TPSA) is 46.9 Å². The quantitative estimate of drug-likeness (QED) is 0.583. The van der Waals surface area contributed by atoms with Crippen LogP contribution in [-0.4, -0.2) is 27.0 Å². The zero-order chi connectivity index (χ0) is 17.8. The molecule has 134 valence electrons. The van der Waals surface area contributed by atoms with E-state index in [2.05, 4.69) is 17.3 Å². The average molecular weight is 394 g/mol. The van der Waals surface area contributed by atoms with Gasteiger partial charge in [0.25, 0.3) is 0 Å². The molecule has 3 atom stereocenters. The van der Waals surface area contributed by atoms with E-state index >= 15 is 0 Å². The number of hydrogen-bond donors (Lipinski definition) is 1. The number of carbonyl (C=O) groups excluding carboxylic acids is 1. The van der Waals surface area contributed by atoms with E-state index in [-0.39, 0.29) is 11.2 Å². The number of amides is 1. The van der Waals surface area contributed by atoms with Crippen LogP contribution < -0.4 is 5.32 Å². The summed E-state index contributed by atoms with van der Waals surface area (Å²) in [6, 6.07) is 10.2. The molecule has 4 nitrogen and oxygen atoms in total. The largest absolute Gasteiger partial charge is 0.352 e. The minimum Gasteiger partial charge on any atom is -0.352 e. The summed E-state index contributed by atoms with van der Waals surface area (Å²) in [5, 5.41) is 7.62. The molecule has 2 aromatic rings.